The van der Waals surface area contributed by atoms with E-state index in [4.69, 9.17) is 18.9 Å². The third-order valence-electron chi connectivity index (χ3n) is 3.95. The molecule has 1 aromatic heterocycles. The van der Waals surface area contributed by atoms with Crippen LogP contribution in [0.3, 0.4) is 0 Å². The van der Waals surface area contributed by atoms with Crippen molar-refractivity contribution in [3.05, 3.63) is 36.2 Å². The highest BCUT2D eigenvalue weighted by molar-refractivity contribution is 5.59. The molecule has 7 heteroatoms. The summed E-state index contributed by atoms with van der Waals surface area (Å²) < 4.78 is 21.8. The predicted molar refractivity (Wildman–Crippen MR) is 93.5 cm³/mol. The van der Waals surface area contributed by atoms with Crippen molar-refractivity contribution in [1.82, 2.24) is 9.97 Å². The summed E-state index contributed by atoms with van der Waals surface area (Å²) in [6, 6.07) is 7.61. The second kappa shape index (κ2) is 8.64. The van der Waals surface area contributed by atoms with Gasteiger partial charge in [-0.25, -0.2) is 9.97 Å². The Morgan fingerprint density at radius 1 is 1.16 bits per heavy atom. The van der Waals surface area contributed by atoms with Gasteiger partial charge in [0, 0.05) is 37.3 Å². The van der Waals surface area contributed by atoms with Gasteiger partial charge in [0.25, 0.3) is 0 Å². The van der Waals surface area contributed by atoms with Crippen molar-refractivity contribution in [3.8, 4) is 11.6 Å². The topological polar surface area (TPSA) is 74.7 Å². The number of benzene rings is 1. The van der Waals surface area contributed by atoms with Gasteiger partial charge in [0.2, 0.25) is 5.88 Å². The van der Waals surface area contributed by atoms with Crippen LogP contribution in [-0.2, 0) is 16.1 Å². The molecular formula is C18H23N3O4. The molecule has 0 aliphatic carbocycles. The van der Waals surface area contributed by atoms with Gasteiger partial charge in [0.15, 0.2) is 0 Å². The molecule has 1 N–H and O–H groups in total. The zero-order chi connectivity index (χ0) is 17.5. The van der Waals surface area contributed by atoms with E-state index in [9.17, 15) is 0 Å². The second-order valence-electron chi connectivity index (χ2n) is 5.76. The van der Waals surface area contributed by atoms with Gasteiger partial charge in [-0.15, -0.1) is 0 Å². The van der Waals surface area contributed by atoms with E-state index in [1.807, 2.05) is 18.2 Å². The van der Waals surface area contributed by atoms with Crippen LogP contribution in [-0.4, -0.2) is 43.5 Å². The number of nitrogens with zero attached hydrogens (tertiary/aromatic N) is 2. The van der Waals surface area contributed by atoms with Crippen molar-refractivity contribution in [2.45, 2.75) is 25.6 Å². The minimum atomic E-state index is 0.144. The number of nitrogens with one attached hydrogen (secondary N) is 1. The minimum Gasteiger partial charge on any atom is -0.496 e. The van der Waals surface area contributed by atoms with E-state index in [2.05, 4.69) is 15.3 Å². The molecule has 1 aliphatic rings. The Morgan fingerprint density at radius 3 is 2.76 bits per heavy atom. The molecule has 0 amide bonds. The Bertz CT molecular complexity index is 690. The Kier molecular flexibility index (Phi) is 6.03. The van der Waals surface area contributed by atoms with Gasteiger partial charge >= 0.3 is 0 Å². The third-order valence-corrected chi connectivity index (χ3v) is 3.95. The number of aromatic nitrogens is 2. The van der Waals surface area contributed by atoms with Crippen LogP contribution in [0.15, 0.2) is 30.6 Å². The van der Waals surface area contributed by atoms with Gasteiger partial charge in [-0.05, 0) is 18.2 Å². The molecule has 2 aromatic rings. The van der Waals surface area contributed by atoms with Gasteiger partial charge in [-0.3, -0.25) is 0 Å². The molecule has 1 aliphatic heterocycles. The normalized spacial score (nSPS) is 15.0. The highest BCUT2D eigenvalue weighted by atomic mass is 16.5. The maximum absolute atomic E-state index is 5.92. The van der Waals surface area contributed by atoms with E-state index in [0.717, 1.165) is 43.1 Å². The van der Waals surface area contributed by atoms with Gasteiger partial charge in [-0.2, -0.15) is 0 Å². The summed E-state index contributed by atoms with van der Waals surface area (Å²) in [6.45, 7) is 1.94. The van der Waals surface area contributed by atoms with Crippen LogP contribution >= 0.6 is 0 Å². The fourth-order valence-electron chi connectivity index (χ4n) is 2.71. The van der Waals surface area contributed by atoms with Crippen molar-refractivity contribution in [2.75, 3.05) is 32.8 Å². The van der Waals surface area contributed by atoms with E-state index in [1.54, 1.807) is 20.3 Å². The first-order chi connectivity index (χ1) is 12.3. The molecule has 0 unspecified atom stereocenters. The molecule has 0 saturated carbocycles. The molecule has 0 atom stereocenters. The van der Waals surface area contributed by atoms with E-state index in [-0.39, 0.29) is 6.10 Å². The van der Waals surface area contributed by atoms with Crippen molar-refractivity contribution in [1.29, 1.82) is 0 Å². The van der Waals surface area contributed by atoms with Crippen LogP contribution in [0.1, 0.15) is 18.4 Å². The number of hydrogen-bond acceptors (Lipinski definition) is 7. The molecule has 1 saturated heterocycles. The first kappa shape index (κ1) is 17.4. The lowest BCUT2D eigenvalue weighted by molar-refractivity contribution is 0.0237. The lowest BCUT2D eigenvalue weighted by Crippen LogP contribution is -2.26. The standard InChI is InChI=1S/C18H23N3O4/c1-22-11-13-9-14(3-4-16(13)23-2)21-17-10-18(20-12-19-17)25-15-5-7-24-8-6-15/h3-4,9-10,12,15H,5-8,11H2,1-2H3,(H,19,20,21). The van der Waals surface area contributed by atoms with Gasteiger partial charge < -0.3 is 24.3 Å². The van der Waals surface area contributed by atoms with E-state index in [1.165, 1.54) is 6.33 Å². The highest BCUT2D eigenvalue weighted by Crippen LogP contribution is 2.26. The predicted octanol–water partition coefficient (Wildman–Crippen LogP) is 2.93. The van der Waals surface area contributed by atoms with Crippen LogP contribution in [0.25, 0.3) is 0 Å². The molecule has 1 aromatic carbocycles. The number of rotatable bonds is 7. The fourth-order valence-corrected chi connectivity index (χ4v) is 2.71. The van der Waals surface area contributed by atoms with Crippen LogP contribution in [0.5, 0.6) is 11.6 Å². The average molecular weight is 345 g/mol. The zero-order valence-electron chi connectivity index (χ0n) is 14.5. The molecule has 7 nitrogen and oxygen atoms in total. The molecule has 0 radical (unpaired) electrons. The summed E-state index contributed by atoms with van der Waals surface area (Å²) >= 11 is 0. The minimum absolute atomic E-state index is 0.144. The van der Waals surface area contributed by atoms with Crippen LogP contribution in [0.2, 0.25) is 0 Å². The maximum atomic E-state index is 5.92. The average Bonchev–Trinajstić information content (AvgIpc) is 2.63. The van der Waals surface area contributed by atoms with Crippen molar-refractivity contribution in [3.63, 3.8) is 0 Å². The molecule has 0 spiro atoms. The van der Waals surface area contributed by atoms with Crippen LogP contribution in [0, 0.1) is 0 Å². The molecule has 2 heterocycles. The molecular weight excluding hydrogens is 322 g/mol. The maximum Gasteiger partial charge on any atom is 0.218 e. The van der Waals surface area contributed by atoms with Crippen LogP contribution in [0.4, 0.5) is 11.5 Å². The Morgan fingerprint density at radius 2 is 2.00 bits per heavy atom. The Labute approximate surface area is 147 Å². The molecule has 1 fully saturated rings. The summed E-state index contributed by atoms with van der Waals surface area (Å²) in [5, 5.41) is 3.26. The Hall–Kier alpha value is -2.38. The Balaban J connectivity index is 1.70. The molecule has 3 rings (SSSR count). The summed E-state index contributed by atoms with van der Waals surface area (Å²) in [4.78, 5) is 8.45. The number of anilines is 2. The largest absolute Gasteiger partial charge is 0.496 e. The van der Waals surface area contributed by atoms with Gasteiger partial charge in [0.1, 0.15) is 24.0 Å². The van der Waals surface area contributed by atoms with Crippen LogP contribution < -0.4 is 14.8 Å². The van der Waals surface area contributed by atoms with Gasteiger partial charge in [0.05, 0.1) is 26.9 Å². The van der Waals surface area contributed by atoms with Crippen molar-refractivity contribution < 1.29 is 18.9 Å². The number of hydrogen-bond donors (Lipinski definition) is 1. The summed E-state index contributed by atoms with van der Waals surface area (Å²) in [5.41, 5.74) is 1.85. The quantitative estimate of drug-likeness (QED) is 0.827. The first-order valence-electron chi connectivity index (χ1n) is 8.28. The van der Waals surface area contributed by atoms with Crippen molar-refractivity contribution >= 4 is 11.5 Å². The summed E-state index contributed by atoms with van der Waals surface area (Å²) in [5.74, 6) is 2.03. The monoisotopic (exact) mass is 345 g/mol. The number of ether oxygens (including phenoxy) is 4. The number of methoxy groups -OCH3 is 2. The zero-order valence-corrected chi connectivity index (χ0v) is 14.5. The molecule has 134 valence electrons. The molecule has 25 heavy (non-hydrogen) atoms. The summed E-state index contributed by atoms with van der Waals surface area (Å²) in [7, 11) is 3.30. The van der Waals surface area contributed by atoms with Crippen molar-refractivity contribution in [2.24, 2.45) is 0 Å². The van der Waals surface area contributed by atoms with E-state index >= 15 is 0 Å². The SMILES string of the molecule is COCc1cc(Nc2cc(OC3CCOCC3)ncn2)ccc1OC. The molecule has 0 bridgehead atoms. The smallest absolute Gasteiger partial charge is 0.218 e. The highest BCUT2D eigenvalue weighted by Gasteiger charge is 2.16. The second-order valence-corrected chi connectivity index (χ2v) is 5.76. The summed E-state index contributed by atoms with van der Waals surface area (Å²) in [6.07, 6.45) is 3.40. The fraction of sp³-hybridized carbons (Fsp3) is 0.444. The van der Waals surface area contributed by atoms with E-state index < -0.39 is 0 Å². The lowest BCUT2D eigenvalue weighted by atomic mass is 10.1. The van der Waals surface area contributed by atoms with E-state index in [0.29, 0.717) is 18.3 Å². The van der Waals surface area contributed by atoms with Gasteiger partial charge in [-0.1, -0.05) is 0 Å². The first-order valence-corrected chi connectivity index (χ1v) is 8.28. The lowest BCUT2D eigenvalue weighted by Gasteiger charge is -2.22. The third kappa shape index (κ3) is 4.80.